The van der Waals surface area contributed by atoms with Gasteiger partial charge in [0.2, 0.25) is 8.03 Å². The van der Waals surface area contributed by atoms with Gasteiger partial charge in [-0.3, -0.25) is 4.57 Å². The second-order valence-electron chi connectivity index (χ2n) is 3.14. The first-order valence-electron chi connectivity index (χ1n) is 4.50. The smallest absolute Gasteiger partial charge is 0.218 e. The Morgan fingerprint density at radius 2 is 1.93 bits per heavy atom. The molecule has 0 fully saturated rings. The highest BCUT2D eigenvalue weighted by atomic mass is 31.1. The fourth-order valence-electron chi connectivity index (χ4n) is 1.51. The van der Waals surface area contributed by atoms with Crippen molar-refractivity contribution in [1.82, 2.24) is 0 Å². The van der Waals surface area contributed by atoms with Gasteiger partial charge < -0.3 is 14.4 Å². The van der Waals surface area contributed by atoms with Crippen molar-refractivity contribution in [2.45, 2.75) is 13.2 Å². The minimum Gasteiger partial charge on any atom is -0.352 e. The zero-order valence-electron chi connectivity index (χ0n) is 8.98. The Hall–Kier alpha value is -0.670. The molecule has 84 valence electrons. The summed E-state index contributed by atoms with van der Waals surface area (Å²) in [6.45, 7) is 1.86. The van der Waals surface area contributed by atoms with Crippen LogP contribution in [0.25, 0.3) is 0 Å². The van der Waals surface area contributed by atoms with E-state index in [0.29, 0.717) is 10.9 Å². The Balaban J connectivity index is 3.29. The quantitative estimate of drug-likeness (QED) is 0.627. The van der Waals surface area contributed by atoms with E-state index in [-0.39, 0.29) is 0 Å². The molecule has 0 aliphatic heterocycles. The molecule has 1 aromatic carbocycles. The van der Waals surface area contributed by atoms with Crippen molar-refractivity contribution < 1.29 is 18.9 Å². The third kappa shape index (κ3) is 2.67. The number of benzene rings is 1. The highest BCUT2D eigenvalue weighted by Crippen LogP contribution is 2.26. The zero-order valence-corrected chi connectivity index (χ0v) is 9.98. The van der Waals surface area contributed by atoms with E-state index in [1.807, 2.05) is 13.0 Å². The van der Waals surface area contributed by atoms with Gasteiger partial charge in [-0.1, -0.05) is 12.1 Å². The van der Waals surface area contributed by atoms with E-state index >= 15 is 0 Å². The molecule has 0 saturated carbocycles. The van der Waals surface area contributed by atoms with E-state index < -0.39 is 14.3 Å². The van der Waals surface area contributed by atoms with Gasteiger partial charge in [-0.25, -0.2) is 0 Å². The third-order valence-electron chi connectivity index (χ3n) is 2.22. The van der Waals surface area contributed by atoms with Gasteiger partial charge in [-0.15, -0.1) is 0 Å². The van der Waals surface area contributed by atoms with Crippen molar-refractivity contribution in [1.29, 1.82) is 0 Å². The van der Waals surface area contributed by atoms with E-state index in [0.717, 1.165) is 5.56 Å². The van der Waals surface area contributed by atoms with Crippen LogP contribution in [-0.4, -0.2) is 19.1 Å². The van der Waals surface area contributed by atoms with Crippen molar-refractivity contribution in [2.24, 2.45) is 0 Å². The zero-order chi connectivity index (χ0) is 11.4. The lowest BCUT2D eigenvalue weighted by Gasteiger charge is -2.18. The van der Waals surface area contributed by atoms with Crippen molar-refractivity contribution >= 4 is 13.3 Å². The molecule has 1 unspecified atom stereocenters. The third-order valence-corrected chi connectivity index (χ3v) is 3.12. The monoisotopic (exact) mass is 230 g/mol. The summed E-state index contributed by atoms with van der Waals surface area (Å²) in [4.78, 5) is 9.20. The SMILES string of the molecule is COC(OC)c1c(C)cccc1[PH](=O)O. The average molecular weight is 230 g/mol. The van der Waals surface area contributed by atoms with Crippen LogP contribution in [0.5, 0.6) is 0 Å². The molecule has 15 heavy (non-hydrogen) atoms. The standard InChI is InChI=1S/C10H15O4P/c1-7-5-4-6-8(15(11)12)9(7)10(13-2)14-3/h4-6,10,15H,1-3H3,(H,11,12). The summed E-state index contributed by atoms with van der Waals surface area (Å²) in [7, 11) is 0.260. The summed E-state index contributed by atoms with van der Waals surface area (Å²) >= 11 is 0. The van der Waals surface area contributed by atoms with Crippen LogP contribution >= 0.6 is 8.03 Å². The molecular formula is C10H15O4P. The molecule has 1 aromatic rings. The Morgan fingerprint density at radius 1 is 1.33 bits per heavy atom. The molecule has 1 N–H and O–H groups in total. The van der Waals surface area contributed by atoms with E-state index in [1.165, 1.54) is 14.2 Å². The molecule has 1 rings (SSSR count). The fraction of sp³-hybridized carbons (Fsp3) is 0.400. The first-order valence-corrected chi connectivity index (χ1v) is 5.85. The minimum atomic E-state index is -2.74. The Labute approximate surface area is 89.7 Å². The number of hydrogen-bond acceptors (Lipinski definition) is 3. The van der Waals surface area contributed by atoms with Crippen LogP contribution in [-0.2, 0) is 14.0 Å². The first-order chi connectivity index (χ1) is 7.11. The van der Waals surface area contributed by atoms with Crippen LogP contribution in [0.4, 0.5) is 0 Å². The Kier molecular flexibility index (Phi) is 4.48. The van der Waals surface area contributed by atoms with E-state index in [2.05, 4.69) is 0 Å². The number of methoxy groups -OCH3 is 2. The van der Waals surface area contributed by atoms with Gasteiger partial charge in [-0.2, -0.15) is 0 Å². The van der Waals surface area contributed by atoms with Crippen molar-refractivity contribution in [3.8, 4) is 0 Å². The summed E-state index contributed by atoms with van der Waals surface area (Å²) in [5.41, 5.74) is 1.53. The Morgan fingerprint density at radius 3 is 2.40 bits per heavy atom. The lowest BCUT2D eigenvalue weighted by molar-refractivity contribution is -0.105. The van der Waals surface area contributed by atoms with Crippen molar-refractivity contribution in [2.75, 3.05) is 14.2 Å². The normalized spacial score (nSPS) is 13.1. The summed E-state index contributed by atoms with van der Waals surface area (Å²) in [5.74, 6) is 0. The van der Waals surface area contributed by atoms with Crippen LogP contribution < -0.4 is 5.30 Å². The minimum absolute atomic E-state index is 0.397. The molecule has 4 nitrogen and oxygen atoms in total. The lowest BCUT2D eigenvalue weighted by atomic mass is 10.1. The van der Waals surface area contributed by atoms with E-state index in [4.69, 9.17) is 9.47 Å². The molecule has 0 radical (unpaired) electrons. The van der Waals surface area contributed by atoms with Gasteiger partial charge in [0.25, 0.3) is 0 Å². The van der Waals surface area contributed by atoms with Gasteiger partial charge in [-0.05, 0) is 18.6 Å². The molecule has 0 aromatic heterocycles. The number of aryl methyl sites for hydroxylation is 1. The fourth-order valence-corrected chi connectivity index (χ4v) is 2.30. The van der Waals surface area contributed by atoms with Crippen LogP contribution in [0.15, 0.2) is 18.2 Å². The summed E-state index contributed by atoms with van der Waals surface area (Å²) in [5, 5.41) is 0.397. The second-order valence-corrected chi connectivity index (χ2v) is 4.29. The molecule has 0 amide bonds. The molecule has 0 aliphatic rings. The predicted molar refractivity (Wildman–Crippen MR) is 58.8 cm³/mol. The lowest BCUT2D eigenvalue weighted by Crippen LogP contribution is -2.15. The Bertz CT molecular complexity index is 360. The number of hydrogen-bond donors (Lipinski definition) is 1. The van der Waals surface area contributed by atoms with Crippen molar-refractivity contribution in [3.63, 3.8) is 0 Å². The maximum atomic E-state index is 11.2. The maximum absolute atomic E-state index is 11.2. The van der Waals surface area contributed by atoms with Gasteiger partial charge in [0.05, 0.1) is 0 Å². The van der Waals surface area contributed by atoms with Gasteiger partial charge >= 0.3 is 0 Å². The molecule has 5 heteroatoms. The van der Waals surface area contributed by atoms with Crippen molar-refractivity contribution in [3.05, 3.63) is 29.3 Å². The van der Waals surface area contributed by atoms with Gasteiger partial charge in [0.15, 0.2) is 6.29 Å². The van der Waals surface area contributed by atoms with Crippen LogP contribution in [0.2, 0.25) is 0 Å². The average Bonchev–Trinajstić information content (AvgIpc) is 2.21. The predicted octanol–water partition coefficient (Wildman–Crippen LogP) is 1.38. The molecular weight excluding hydrogens is 215 g/mol. The molecule has 1 atom stereocenters. The van der Waals surface area contributed by atoms with E-state index in [1.54, 1.807) is 12.1 Å². The number of ether oxygens (including phenoxy) is 2. The summed E-state index contributed by atoms with van der Waals surface area (Å²) in [6.07, 6.45) is -0.595. The summed E-state index contributed by atoms with van der Waals surface area (Å²) in [6, 6.07) is 5.22. The molecule has 0 spiro atoms. The molecule has 0 aliphatic carbocycles. The highest BCUT2D eigenvalue weighted by Gasteiger charge is 2.18. The van der Waals surface area contributed by atoms with E-state index in [9.17, 15) is 9.46 Å². The maximum Gasteiger partial charge on any atom is 0.218 e. The molecule has 0 bridgehead atoms. The first kappa shape index (κ1) is 12.4. The molecule has 0 heterocycles. The second kappa shape index (κ2) is 5.42. The van der Waals surface area contributed by atoms with Gasteiger partial charge in [0, 0.05) is 25.1 Å². The largest absolute Gasteiger partial charge is 0.352 e. The van der Waals surface area contributed by atoms with Gasteiger partial charge in [0.1, 0.15) is 0 Å². The topological polar surface area (TPSA) is 55.8 Å². The van der Waals surface area contributed by atoms with Crippen LogP contribution in [0.3, 0.4) is 0 Å². The van der Waals surface area contributed by atoms with Crippen LogP contribution in [0, 0.1) is 6.92 Å². The highest BCUT2D eigenvalue weighted by molar-refractivity contribution is 7.47. The molecule has 0 saturated heterocycles. The summed E-state index contributed by atoms with van der Waals surface area (Å²) < 4.78 is 21.4. The van der Waals surface area contributed by atoms with Crippen LogP contribution in [0.1, 0.15) is 17.4 Å². The number of rotatable bonds is 4.